The predicted molar refractivity (Wildman–Crippen MR) is 48.7 cm³/mol. The molecule has 0 radical (unpaired) electrons. The fourth-order valence-corrected chi connectivity index (χ4v) is 3.12. The number of rotatable bonds is 3. The van der Waals surface area contributed by atoms with Crippen molar-refractivity contribution in [2.45, 2.75) is 5.03 Å². The van der Waals surface area contributed by atoms with Gasteiger partial charge < -0.3 is 5.73 Å². The van der Waals surface area contributed by atoms with Gasteiger partial charge in [0.2, 0.25) is 0 Å². The van der Waals surface area contributed by atoms with Gasteiger partial charge in [0.1, 0.15) is 0 Å². The van der Waals surface area contributed by atoms with Gasteiger partial charge >= 0.3 is 24.0 Å². The zero-order chi connectivity index (χ0) is 12.4. The molecule has 0 atom stereocenters. The summed E-state index contributed by atoms with van der Waals surface area (Å²) in [7, 11) is -9.88. The molecule has 16 heavy (non-hydrogen) atoms. The first kappa shape index (κ1) is 12.3. The summed E-state index contributed by atoms with van der Waals surface area (Å²) < 4.78 is 46.2. The number of carbonyl (C=O) groups excluding carboxylic acids is 1. The van der Waals surface area contributed by atoms with E-state index >= 15 is 0 Å². The van der Waals surface area contributed by atoms with Crippen LogP contribution in [0.4, 0.5) is 4.79 Å². The molecule has 88 valence electrons. The Kier molecular flexibility index (Phi) is 3.04. The van der Waals surface area contributed by atoms with Crippen LogP contribution in [0.3, 0.4) is 0 Å². The van der Waals surface area contributed by atoms with Crippen LogP contribution in [0.1, 0.15) is 0 Å². The molecule has 1 aromatic rings. The second-order valence-corrected chi connectivity index (χ2v) is 7.41. The van der Waals surface area contributed by atoms with Crippen molar-refractivity contribution < 1.29 is 21.6 Å². The van der Waals surface area contributed by atoms with E-state index in [2.05, 4.69) is 21.1 Å². The van der Waals surface area contributed by atoms with E-state index in [9.17, 15) is 21.6 Å². The van der Waals surface area contributed by atoms with Gasteiger partial charge in [0, 0.05) is 0 Å². The molecule has 0 aromatic carbocycles. The van der Waals surface area contributed by atoms with Gasteiger partial charge in [-0.3, -0.25) is 0 Å². The number of hydrogen-bond acceptors (Lipinski definition) is 8. The van der Waals surface area contributed by atoms with E-state index in [4.69, 9.17) is 0 Å². The van der Waals surface area contributed by atoms with Crippen LogP contribution in [0.5, 0.6) is 0 Å². The largest absolute Gasteiger partial charge is 0.351 e. The van der Waals surface area contributed by atoms with E-state index < -0.39 is 29.0 Å². The summed E-state index contributed by atoms with van der Waals surface area (Å²) in [4.78, 5) is 10.3. The summed E-state index contributed by atoms with van der Waals surface area (Å²) in [5, 5.41) is 8.26. The summed E-state index contributed by atoms with van der Waals surface area (Å²) in [6.45, 7) is 0. The van der Waals surface area contributed by atoms with Gasteiger partial charge in [0.25, 0.3) is 0 Å². The van der Waals surface area contributed by atoms with Crippen molar-refractivity contribution in [2.24, 2.45) is 5.73 Å². The molecule has 0 aliphatic heterocycles. The highest BCUT2D eigenvalue weighted by Gasteiger charge is 2.34. The Morgan fingerprint density at radius 2 is 1.94 bits per heavy atom. The third-order valence-electron chi connectivity index (χ3n) is 1.25. The topological polar surface area (TPSA) is 162 Å². The second-order valence-electron chi connectivity index (χ2n) is 2.33. The quantitative estimate of drug-likeness (QED) is 0.570. The van der Waals surface area contributed by atoms with Crippen LogP contribution in [-0.4, -0.2) is 38.3 Å². The van der Waals surface area contributed by atoms with Gasteiger partial charge in [-0.2, -0.15) is 8.42 Å². The molecule has 1 aromatic heterocycles. The number of nitrogens with zero attached hydrogens (tertiary/aromatic N) is 3. The average Bonchev–Trinajstić information content (AvgIpc) is 2.17. The van der Waals surface area contributed by atoms with Crippen molar-refractivity contribution in [3.05, 3.63) is 12.3 Å². The van der Waals surface area contributed by atoms with Crippen molar-refractivity contribution in [3.8, 4) is 0 Å². The van der Waals surface area contributed by atoms with Crippen LogP contribution in [0.15, 0.2) is 17.3 Å². The molecule has 0 aliphatic carbocycles. The van der Waals surface area contributed by atoms with Crippen LogP contribution in [0, 0.1) is 0 Å². The van der Waals surface area contributed by atoms with Gasteiger partial charge in [-0.25, -0.2) is 17.9 Å². The third kappa shape index (κ3) is 2.22. The fourth-order valence-electron chi connectivity index (χ4n) is 0.654. The van der Waals surface area contributed by atoms with Gasteiger partial charge in [-0.05, 0) is 11.3 Å². The van der Waals surface area contributed by atoms with Gasteiger partial charge in [-0.15, -0.1) is 10.2 Å². The monoisotopic (exact) mass is 267 g/mol. The Labute approximate surface area is 89.2 Å². The Bertz CT molecular complexity index is 593. The zero-order valence-electron chi connectivity index (χ0n) is 7.43. The molecular formula is C4H5N5O5S2. The molecule has 1 heterocycles. The highest BCUT2D eigenvalue weighted by Crippen LogP contribution is 2.10. The molecule has 1 rings (SSSR count). The van der Waals surface area contributed by atoms with Crippen LogP contribution in [0.25, 0.3) is 0 Å². The number of nitrogens with one attached hydrogen (secondary N) is 1. The first-order valence-electron chi connectivity index (χ1n) is 3.49. The first-order valence-corrected chi connectivity index (χ1v) is 6.97. The van der Waals surface area contributed by atoms with Crippen molar-refractivity contribution in [2.75, 3.05) is 0 Å². The zero-order valence-corrected chi connectivity index (χ0v) is 9.06. The summed E-state index contributed by atoms with van der Waals surface area (Å²) in [5.41, 5.74) is 4.51. The van der Waals surface area contributed by atoms with Crippen molar-refractivity contribution in [1.29, 1.82) is 0 Å². The van der Waals surface area contributed by atoms with Gasteiger partial charge in [0.15, 0.2) is 5.03 Å². The number of carbonyl (C=O) groups is 1. The Morgan fingerprint density at radius 1 is 1.31 bits per heavy atom. The summed E-state index contributed by atoms with van der Waals surface area (Å²) in [6, 6.07) is -0.715. The molecule has 3 N–H and O–H groups in total. The molecule has 2 amide bonds. The number of hydrogen-bond donors (Lipinski definition) is 2. The Hall–Kier alpha value is -1.82. The van der Waals surface area contributed by atoms with E-state index in [1.807, 2.05) is 0 Å². The highest BCUT2D eigenvalue weighted by molar-refractivity contribution is 8.66. The van der Waals surface area contributed by atoms with E-state index in [0.29, 0.717) is 0 Å². The predicted octanol–water partition coefficient (Wildman–Crippen LogP) is -2.44. The average molecular weight is 267 g/mol. The Morgan fingerprint density at radius 3 is 2.38 bits per heavy atom. The SMILES string of the molecule is NC(=O)NS(=O)(=O)S(=O)(=O)c1ccnnn1. The summed E-state index contributed by atoms with van der Waals surface area (Å²) in [6.07, 6.45) is 0.930. The fraction of sp³-hybridized carbons (Fsp3) is 0. The van der Waals surface area contributed by atoms with E-state index in [1.165, 1.54) is 0 Å². The maximum absolute atomic E-state index is 11.4. The van der Waals surface area contributed by atoms with Crippen LogP contribution in [0.2, 0.25) is 0 Å². The number of amides is 2. The summed E-state index contributed by atoms with van der Waals surface area (Å²) in [5.74, 6) is 0. The lowest BCUT2D eigenvalue weighted by atomic mass is 10.7. The molecule has 0 spiro atoms. The lowest BCUT2D eigenvalue weighted by Crippen LogP contribution is -2.39. The lowest BCUT2D eigenvalue weighted by Gasteiger charge is -2.03. The number of primary amides is 1. The second kappa shape index (κ2) is 3.97. The summed E-state index contributed by atoms with van der Waals surface area (Å²) >= 11 is 0. The number of urea groups is 1. The number of nitrogens with two attached hydrogens (primary N) is 1. The molecule has 12 heteroatoms. The van der Waals surface area contributed by atoms with Crippen LogP contribution < -0.4 is 10.5 Å². The third-order valence-corrected chi connectivity index (χ3v) is 5.50. The van der Waals surface area contributed by atoms with Crippen molar-refractivity contribution in [1.82, 2.24) is 20.1 Å². The normalized spacial score (nSPS) is 12.0. The first-order chi connectivity index (χ1) is 7.27. The number of aromatic nitrogens is 3. The van der Waals surface area contributed by atoms with E-state index in [-0.39, 0.29) is 0 Å². The minimum atomic E-state index is -4.99. The van der Waals surface area contributed by atoms with Gasteiger partial charge in [0.05, 0.1) is 6.20 Å². The molecule has 0 saturated carbocycles. The maximum atomic E-state index is 11.4. The van der Waals surface area contributed by atoms with Crippen molar-refractivity contribution >= 4 is 24.0 Å². The van der Waals surface area contributed by atoms with Gasteiger partial charge in [-0.1, -0.05) is 0 Å². The minimum Gasteiger partial charge on any atom is -0.351 e. The molecule has 0 unspecified atom stereocenters. The lowest BCUT2D eigenvalue weighted by molar-refractivity contribution is 0.253. The molecule has 0 saturated heterocycles. The Balaban J connectivity index is 3.29. The maximum Gasteiger partial charge on any atom is 0.348 e. The van der Waals surface area contributed by atoms with Crippen molar-refractivity contribution in [3.63, 3.8) is 0 Å². The van der Waals surface area contributed by atoms with Crippen LogP contribution >= 0.6 is 0 Å². The smallest absolute Gasteiger partial charge is 0.348 e. The minimum absolute atomic E-state index is 0.808. The van der Waals surface area contributed by atoms with E-state index in [1.54, 1.807) is 0 Å². The molecule has 0 fully saturated rings. The molecule has 0 aliphatic rings. The molecule has 10 nitrogen and oxygen atoms in total. The molecule has 0 bridgehead atoms. The molecular weight excluding hydrogens is 262 g/mol. The van der Waals surface area contributed by atoms with E-state index in [0.717, 1.165) is 17.0 Å². The highest BCUT2D eigenvalue weighted by atomic mass is 33.2. The standard InChI is InChI=1S/C4H5N5O5S2/c5-4(10)8-16(13,14)15(11,12)3-1-2-6-9-7-3/h1-2H,(H3,5,8,10). The van der Waals surface area contributed by atoms with Crippen LogP contribution in [-0.2, 0) is 17.9 Å².